The van der Waals surface area contributed by atoms with Gasteiger partial charge in [-0.05, 0) is 72.6 Å². The van der Waals surface area contributed by atoms with E-state index >= 15 is 0 Å². The first-order chi connectivity index (χ1) is 14.4. The Morgan fingerprint density at radius 3 is 2.20 bits per heavy atom. The maximum absolute atomic E-state index is 12.9. The van der Waals surface area contributed by atoms with Gasteiger partial charge < -0.3 is 15.5 Å². The molecule has 0 bridgehead atoms. The predicted octanol–water partition coefficient (Wildman–Crippen LogP) is 5.12. The highest BCUT2D eigenvalue weighted by Gasteiger charge is 2.13. The third-order valence-corrected chi connectivity index (χ3v) is 4.77. The number of carbonyl (C=O) groups excluding carboxylic acids is 2. The van der Waals surface area contributed by atoms with Crippen molar-refractivity contribution in [1.82, 2.24) is 5.32 Å². The number of carbonyl (C=O) groups is 2. The van der Waals surface area contributed by atoms with Crippen molar-refractivity contribution < 1.29 is 14.0 Å². The fourth-order valence-corrected chi connectivity index (χ4v) is 2.94. The standard InChI is InChI=1S/C23H21ClFN3O2/c1-28(22(29)17-4-6-18(24)7-5-17)21-12-10-20(11-13-21)27-23(30)26-15-14-16-2-8-19(25)9-3-16/h2-13H,14-15H2,1H3,(H2,26,27,30). The summed E-state index contributed by atoms with van der Waals surface area (Å²) in [6, 6.07) is 19.5. The van der Waals surface area contributed by atoms with Crippen LogP contribution in [0.3, 0.4) is 0 Å². The average molecular weight is 426 g/mol. The van der Waals surface area contributed by atoms with Gasteiger partial charge in [-0.3, -0.25) is 4.79 Å². The van der Waals surface area contributed by atoms with E-state index in [4.69, 9.17) is 11.6 Å². The first-order valence-electron chi connectivity index (χ1n) is 9.35. The average Bonchev–Trinajstić information content (AvgIpc) is 2.75. The molecule has 0 atom stereocenters. The van der Waals surface area contributed by atoms with Crippen molar-refractivity contribution in [2.45, 2.75) is 6.42 Å². The monoisotopic (exact) mass is 425 g/mol. The van der Waals surface area contributed by atoms with Crippen LogP contribution in [0.4, 0.5) is 20.6 Å². The molecule has 154 valence electrons. The van der Waals surface area contributed by atoms with Gasteiger partial charge >= 0.3 is 6.03 Å². The van der Waals surface area contributed by atoms with Gasteiger partial charge in [-0.25, -0.2) is 9.18 Å². The van der Waals surface area contributed by atoms with Crippen LogP contribution in [0.1, 0.15) is 15.9 Å². The normalized spacial score (nSPS) is 10.4. The lowest BCUT2D eigenvalue weighted by Crippen LogP contribution is -2.30. The Labute approximate surface area is 179 Å². The van der Waals surface area contributed by atoms with Gasteiger partial charge in [-0.2, -0.15) is 0 Å². The third-order valence-electron chi connectivity index (χ3n) is 4.52. The number of urea groups is 1. The number of hydrogen-bond acceptors (Lipinski definition) is 2. The number of nitrogens with one attached hydrogen (secondary N) is 2. The van der Waals surface area contributed by atoms with Crippen LogP contribution in [0, 0.1) is 5.82 Å². The molecule has 2 N–H and O–H groups in total. The van der Waals surface area contributed by atoms with E-state index in [9.17, 15) is 14.0 Å². The maximum Gasteiger partial charge on any atom is 0.319 e. The molecule has 0 radical (unpaired) electrons. The van der Waals surface area contributed by atoms with Crippen molar-refractivity contribution in [2.24, 2.45) is 0 Å². The Balaban J connectivity index is 1.50. The topological polar surface area (TPSA) is 61.4 Å². The fourth-order valence-electron chi connectivity index (χ4n) is 2.82. The quantitative estimate of drug-likeness (QED) is 0.575. The predicted molar refractivity (Wildman–Crippen MR) is 118 cm³/mol. The molecule has 0 fully saturated rings. The molecule has 0 saturated heterocycles. The summed E-state index contributed by atoms with van der Waals surface area (Å²) in [5.74, 6) is -0.445. The lowest BCUT2D eigenvalue weighted by atomic mass is 10.1. The van der Waals surface area contributed by atoms with Crippen LogP contribution in [0.2, 0.25) is 5.02 Å². The molecule has 3 rings (SSSR count). The lowest BCUT2D eigenvalue weighted by molar-refractivity contribution is 0.0993. The summed E-state index contributed by atoms with van der Waals surface area (Å²) in [5, 5.41) is 6.07. The van der Waals surface area contributed by atoms with Crippen molar-refractivity contribution in [2.75, 3.05) is 23.8 Å². The summed E-state index contributed by atoms with van der Waals surface area (Å²) in [4.78, 5) is 26.1. The minimum Gasteiger partial charge on any atom is -0.338 e. The second-order valence-corrected chi connectivity index (χ2v) is 7.11. The molecular formula is C23H21ClFN3O2. The molecule has 3 amide bonds. The Morgan fingerprint density at radius 2 is 1.57 bits per heavy atom. The van der Waals surface area contributed by atoms with Crippen LogP contribution in [0.25, 0.3) is 0 Å². The molecule has 30 heavy (non-hydrogen) atoms. The minimum absolute atomic E-state index is 0.161. The number of anilines is 2. The molecule has 0 aliphatic carbocycles. The summed E-state index contributed by atoms with van der Waals surface area (Å²) in [7, 11) is 1.68. The largest absolute Gasteiger partial charge is 0.338 e. The smallest absolute Gasteiger partial charge is 0.319 e. The van der Waals surface area contributed by atoms with E-state index in [-0.39, 0.29) is 17.8 Å². The van der Waals surface area contributed by atoms with E-state index < -0.39 is 0 Å². The minimum atomic E-state index is -0.338. The molecule has 7 heteroatoms. The Kier molecular flexibility index (Phi) is 7.03. The van der Waals surface area contributed by atoms with E-state index in [1.165, 1.54) is 17.0 Å². The highest BCUT2D eigenvalue weighted by molar-refractivity contribution is 6.30. The fraction of sp³-hybridized carbons (Fsp3) is 0.130. The second-order valence-electron chi connectivity index (χ2n) is 6.68. The number of halogens is 2. The molecule has 0 aliphatic heterocycles. The zero-order valence-electron chi connectivity index (χ0n) is 16.4. The first kappa shape index (κ1) is 21.3. The summed E-state index contributed by atoms with van der Waals surface area (Å²) in [6.07, 6.45) is 0.601. The van der Waals surface area contributed by atoms with E-state index in [2.05, 4.69) is 10.6 Å². The molecule has 5 nitrogen and oxygen atoms in total. The van der Waals surface area contributed by atoms with Crippen LogP contribution in [-0.4, -0.2) is 25.5 Å². The van der Waals surface area contributed by atoms with Crippen LogP contribution in [0.5, 0.6) is 0 Å². The highest BCUT2D eigenvalue weighted by atomic mass is 35.5. The van der Waals surface area contributed by atoms with Crippen molar-refractivity contribution in [3.8, 4) is 0 Å². The first-order valence-corrected chi connectivity index (χ1v) is 9.73. The highest BCUT2D eigenvalue weighted by Crippen LogP contribution is 2.19. The number of amides is 3. The van der Waals surface area contributed by atoms with Crippen LogP contribution >= 0.6 is 11.6 Å². The molecule has 0 unspecified atom stereocenters. The molecular weight excluding hydrogens is 405 g/mol. The van der Waals surface area contributed by atoms with E-state index in [0.29, 0.717) is 34.9 Å². The second kappa shape index (κ2) is 9.89. The molecule has 0 heterocycles. The molecule has 3 aromatic carbocycles. The van der Waals surface area contributed by atoms with Crippen molar-refractivity contribution >= 4 is 34.9 Å². The lowest BCUT2D eigenvalue weighted by Gasteiger charge is -2.18. The van der Waals surface area contributed by atoms with Crippen LogP contribution in [-0.2, 0) is 6.42 Å². The molecule has 0 saturated carbocycles. The molecule has 0 aliphatic rings. The number of hydrogen-bond donors (Lipinski definition) is 2. The van der Waals surface area contributed by atoms with Crippen molar-refractivity contribution in [1.29, 1.82) is 0 Å². The summed E-state index contributed by atoms with van der Waals surface area (Å²) in [5.41, 5.74) is 2.77. The van der Waals surface area contributed by atoms with E-state index in [0.717, 1.165) is 5.56 Å². The van der Waals surface area contributed by atoms with Crippen molar-refractivity contribution in [3.05, 3.63) is 94.8 Å². The van der Waals surface area contributed by atoms with Gasteiger partial charge in [0.25, 0.3) is 5.91 Å². The molecule has 3 aromatic rings. The summed E-state index contributed by atoms with van der Waals surface area (Å²) in [6.45, 7) is 0.424. The van der Waals surface area contributed by atoms with Crippen LogP contribution < -0.4 is 15.5 Å². The van der Waals surface area contributed by atoms with Gasteiger partial charge in [0.2, 0.25) is 0 Å². The van der Waals surface area contributed by atoms with E-state index in [1.54, 1.807) is 67.7 Å². The number of benzene rings is 3. The molecule has 0 aromatic heterocycles. The zero-order valence-corrected chi connectivity index (χ0v) is 17.1. The Bertz CT molecular complexity index is 1010. The summed E-state index contributed by atoms with van der Waals surface area (Å²) >= 11 is 5.86. The Morgan fingerprint density at radius 1 is 0.933 bits per heavy atom. The molecule has 0 spiro atoms. The van der Waals surface area contributed by atoms with E-state index in [1.807, 2.05) is 0 Å². The Hall–Kier alpha value is -3.38. The third kappa shape index (κ3) is 5.81. The number of nitrogens with zero attached hydrogens (tertiary/aromatic N) is 1. The van der Waals surface area contributed by atoms with Gasteiger partial charge in [0.15, 0.2) is 0 Å². The van der Waals surface area contributed by atoms with Crippen LogP contribution in [0.15, 0.2) is 72.8 Å². The summed E-state index contributed by atoms with van der Waals surface area (Å²) < 4.78 is 12.9. The van der Waals surface area contributed by atoms with Gasteiger partial charge in [-0.1, -0.05) is 23.7 Å². The van der Waals surface area contributed by atoms with Gasteiger partial charge in [0, 0.05) is 35.6 Å². The van der Waals surface area contributed by atoms with Gasteiger partial charge in [0.1, 0.15) is 5.82 Å². The van der Waals surface area contributed by atoms with Gasteiger partial charge in [0.05, 0.1) is 0 Å². The maximum atomic E-state index is 12.9. The van der Waals surface area contributed by atoms with Gasteiger partial charge in [-0.15, -0.1) is 0 Å². The number of rotatable bonds is 6. The SMILES string of the molecule is CN(C(=O)c1ccc(Cl)cc1)c1ccc(NC(=O)NCCc2ccc(F)cc2)cc1. The zero-order chi connectivity index (χ0) is 21.5. The van der Waals surface area contributed by atoms with Crippen molar-refractivity contribution in [3.63, 3.8) is 0 Å².